The van der Waals surface area contributed by atoms with Crippen LogP contribution in [0.25, 0.3) is 11.0 Å². The van der Waals surface area contributed by atoms with Gasteiger partial charge in [-0.2, -0.15) is 0 Å². The number of nitrogens with one attached hydrogen (secondary N) is 2. The van der Waals surface area contributed by atoms with Crippen LogP contribution in [0.3, 0.4) is 0 Å². The van der Waals surface area contributed by atoms with E-state index in [4.69, 9.17) is 0 Å². The van der Waals surface area contributed by atoms with Crippen LogP contribution in [0.2, 0.25) is 0 Å². The predicted octanol–water partition coefficient (Wildman–Crippen LogP) is 1.92. The second-order valence-corrected chi connectivity index (χ2v) is 7.61. The quantitative estimate of drug-likeness (QED) is 0.711. The van der Waals surface area contributed by atoms with E-state index < -0.39 is 10.0 Å². The van der Waals surface area contributed by atoms with Crippen molar-refractivity contribution in [1.82, 2.24) is 19.7 Å². The highest BCUT2D eigenvalue weighted by atomic mass is 32.2. The molecule has 26 heavy (non-hydrogen) atoms. The number of carbonyl (C=O) groups excluding carboxylic acids is 1. The number of fused-ring (bicyclic) bond motifs is 1. The van der Waals surface area contributed by atoms with Crippen LogP contribution < -0.4 is 10.0 Å². The molecule has 0 bridgehead atoms. The van der Waals surface area contributed by atoms with Crippen LogP contribution in [0, 0.1) is 6.92 Å². The fraction of sp³-hybridized carbons (Fsp3) is 0.235. The summed E-state index contributed by atoms with van der Waals surface area (Å²) in [6, 6.07) is 9.88. The molecule has 0 unspecified atom stereocenters. The number of aromatic nitrogens is 3. The number of hydrogen-bond acceptors (Lipinski definition) is 5. The number of anilines is 1. The third kappa shape index (κ3) is 3.31. The summed E-state index contributed by atoms with van der Waals surface area (Å²) >= 11 is 0. The second kappa shape index (κ2) is 6.85. The molecule has 136 valence electrons. The van der Waals surface area contributed by atoms with Crippen molar-refractivity contribution in [3.8, 4) is 0 Å². The molecular formula is C17H19N5O3S. The molecule has 0 aliphatic carbocycles. The molecule has 1 heterocycles. The smallest absolute Gasteiger partial charge is 0.255 e. The van der Waals surface area contributed by atoms with E-state index in [-0.39, 0.29) is 10.8 Å². The molecule has 0 atom stereocenters. The van der Waals surface area contributed by atoms with Crippen LogP contribution in [0.15, 0.2) is 41.3 Å². The molecule has 3 rings (SSSR count). The lowest BCUT2D eigenvalue weighted by Crippen LogP contribution is -2.20. The maximum atomic E-state index is 12.5. The minimum absolute atomic E-state index is 0.124. The van der Waals surface area contributed by atoms with E-state index in [9.17, 15) is 13.2 Å². The molecule has 0 saturated heterocycles. The van der Waals surface area contributed by atoms with Crippen molar-refractivity contribution >= 4 is 32.7 Å². The van der Waals surface area contributed by atoms with Gasteiger partial charge in [-0.05, 0) is 56.8 Å². The van der Waals surface area contributed by atoms with Gasteiger partial charge in [0.25, 0.3) is 5.91 Å². The van der Waals surface area contributed by atoms with Crippen LogP contribution >= 0.6 is 0 Å². The molecule has 0 saturated carbocycles. The predicted molar refractivity (Wildman–Crippen MR) is 98.6 cm³/mol. The van der Waals surface area contributed by atoms with Crippen LogP contribution in [-0.4, -0.2) is 36.4 Å². The number of nitrogens with zero attached hydrogens (tertiary/aromatic N) is 3. The van der Waals surface area contributed by atoms with Crippen LogP contribution in [0.4, 0.5) is 5.69 Å². The average Bonchev–Trinajstić information content (AvgIpc) is 3.05. The maximum Gasteiger partial charge on any atom is 0.255 e. The van der Waals surface area contributed by atoms with E-state index in [1.807, 2.05) is 6.92 Å². The van der Waals surface area contributed by atoms with Crippen molar-refractivity contribution in [3.05, 3.63) is 47.5 Å². The maximum absolute atomic E-state index is 12.5. The molecule has 9 heteroatoms. The highest BCUT2D eigenvalue weighted by Gasteiger charge is 2.16. The van der Waals surface area contributed by atoms with Gasteiger partial charge in [0, 0.05) is 17.8 Å². The van der Waals surface area contributed by atoms with E-state index in [1.165, 1.54) is 13.1 Å². The first-order valence-corrected chi connectivity index (χ1v) is 9.53. The van der Waals surface area contributed by atoms with Gasteiger partial charge in [-0.3, -0.25) is 4.79 Å². The summed E-state index contributed by atoms with van der Waals surface area (Å²) < 4.78 is 28.2. The minimum atomic E-state index is -3.60. The zero-order valence-electron chi connectivity index (χ0n) is 14.6. The Balaban J connectivity index is 1.89. The van der Waals surface area contributed by atoms with Gasteiger partial charge in [0.1, 0.15) is 5.52 Å². The van der Waals surface area contributed by atoms with Crippen molar-refractivity contribution in [2.24, 2.45) is 0 Å². The molecule has 0 spiro atoms. The van der Waals surface area contributed by atoms with E-state index in [0.29, 0.717) is 28.9 Å². The lowest BCUT2D eigenvalue weighted by Gasteiger charge is -2.10. The van der Waals surface area contributed by atoms with Crippen molar-refractivity contribution < 1.29 is 13.2 Å². The Kier molecular flexibility index (Phi) is 4.75. The summed E-state index contributed by atoms with van der Waals surface area (Å²) in [5.74, 6) is -0.352. The van der Waals surface area contributed by atoms with Crippen molar-refractivity contribution in [3.63, 3.8) is 0 Å². The zero-order valence-corrected chi connectivity index (χ0v) is 15.5. The molecule has 0 aliphatic heterocycles. The van der Waals surface area contributed by atoms with Gasteiger partial charge < -0.3 is 5.32 Å². The number of rotatable bonds is 5. The Bertz CT molecular complexity index is 1090. The standard InChI is InChI=1S/C17H19N5O3S/c1-4-22-15-8-6-12(9-14(15)20-21-22)17(23)19-13-7-5-11(2)16(10-13)26(24,25)18-3/h5-10,18H,4H2,1-3H3,(H,19,23). The van der Waals surface area contributed by atoms with Crippen LogP contribution in [-0.2, 0) is 16.6 Å². The summed E-state index contributed by atoms with van der Waals surface area (Å²) in [5.41, 5.74) is 2.88. The first-order valence-electron chi connectivity index (χ1n) is 8.04. The van der Waals surface area contributed by atoms with Gasteiger partial charge >= 0.3 is 0 Å². The lowest BCUT2D eigenvalue weighted by atomic mass is 10.1. The van der Waals surface area contributed by atoms with Gasteiger partial charge in [0.15, 0.2) is 0 Å². The molecule has 2 aromatic carbocycles. The summed E-state index contributed by atoms with van der Waals surface area (Å²) in [4.78, 5) is 12.6. The average molecular weight is 373 g/mol. The minimum Gasteiger partial charge on any atom is -0.322 e. The summed E-state index contributed by atoms with van der Waals surface area (Å²) in [5, 5.41) is 10.8. The van der Waals surface area contributed by atoms with Gasteiger partial charge in [-0.1, -0.05) is 11.3 Å². The van der Waals surface area contributed by atoms with E-state index in [2.05, 4.69) is 20.4 Å². The Morgan fingerprint density at radius 2 is 1.96 bits per heavy atom. The summed E-state index contributed by atoms with van der Waals surface area (Å²) in [7, 11) is -2.26. The number of carbonyl (C=O) groups is 1. The Morgan fingerprint density at radius 1 is 1.19 bits per heavy atom. The molecule has 8 nitrogen and oxygen atoms in total. The normalized spacial score (nSPS) is 11.7. The molecule has 1 amide bonds. The number of aryl methyl sites for hydroxylation is 2. The summed E-state index contributed by atoms with van der Waals surface area (Å²) in [6.07, 6.45) is 0. The Labute approximate surface area is 151 Å². The highest BCUT2D eigenvalue weighted by Crippen LogP contribution is 2.21. The highest BCUT2D eigenvalue weighted by molar-refractivity contribution is 7.89. The van der Waals surface area contributed by atoms with Gasteiger partial charge in [0.2, 0.25) is 10.0 Å². The number of benzene rings is 2. The van der Waals surface area contributed by atoms with E-state index in [1.54, 1.807) is 41.9 Å². The Hall–Kier alpha value is -2.78. The largest absolute Gasteiger partial charge is 0.322 e. The van der Waals surface area contributed by atoms with Crippen molar-refractivity contribution in [2.75, 3.05) is 12.4 Å². The number of amides is 1. The summed E-state index contributed by atoms with van der Waals surface area (Å²) in [6.45, 7) is 4.35. The third-order valence-electron chi connectivity index (χ3n) is 4.08. The molecule has 0 aliphatic rings. The monoisotopic (exact) mass is 373 g/mol. The molecule has 2 N–H and O–H groups in total. The zero-order chi connectivity index (χ0) is 18.9. The first-order chi connectivity index (χ1) is 12.4. The van der Waals surface area contributed by atoms with Gasteiger partial charge in [-0.15, -0.1) is 5.10 Å². The van der Waals surface area contributed by atoms with Gasteiger partial charge in [0.05, 0.1) is 10.4 Å². The lowest BCUT2D eigenvalue weighted by molar-refractivity contribution is 0.102. The fourth-order valence-corrected chi connectivity index (χ4v) is 3.62. The second-order valence-electron chi connectivity index (χ2n) is 5.75. The molecule has 0 fully saturated rings. The topological polar surface area (TPSA) is 106 Å². The third-order valence-corrected chi connectivity index (χ3v) is 5.64. The van der Waals surface area contributed by atoms with E-state index >= 15 is 0 Å². The van der Waals surface area contributed by atoms with Crippen molar-refractivity contribution in [2.45, 2.75) is 25.3 Å². The molecule has 1 aromatic heterocycles. The van der Waals surface area contributed by atoms with Crippen molar-refractivity contribution in [1.29, 1.82) is 0 Å². The van der Waals surface area contributed by atoms with Crippen LogP contribution in [0.1, 0.15) is 22.8 Å². The van der Waals surface area contributed by atoms with E-state index in [0.717, 1.165) is 5.52 Å². The molecular weight excluding hydrogens is 354 g/mol. The first kappa shape index (κ1) is 18.0. The van der Waals surface area contributed by atoms with Gasteiger partial charge in [-0.25, -0.2) is 17.8 Å². The van der Waals surface area contributed by atoms with Crippen LogP contribution in [0.5, 0.6) is 0 Å². The SMILES string of the molecule is CCn1nnc2cc(C(=O)Nc3ccc(C)c(S(=O)(=O)NC)c3)ccc21. The molecule has 0 radical (unpaired) electrons. The molecule has 3 aromatic rings. The number of hydrogen-bond donors (Lipinski definition) is 2. The number of sulfonamides is 1. The fourth-order valence-electron chi connectivity index (χ4n) is 2.63. The Morgan fingerprint density at radius 3 is 2.65 bits per heavy atom.